The highest BCUT2D eigenvalue weighted by molar-refractivity contribution is 7.94. The number of methoxy groups -OCH3 is 1. The highest BCUT2D eigenvalue weighted by atomic mass is 35.5. The smallest absolute Gasteiger partial charge is 0.239 e. The van der Waals surface area contributed by atoms with Crippen molar-refractivity contribution >= 4 is 38.9 Å². The first kappa shape index (κ1) is 21.6. The number of sulfonamides is 1. The van der Waals surface area contributed by atoms with E-state index in [1.807, 2.05) is 20.8 Å². The van der Waals surface area contributed by atoms with E-state index in [2.05, 4.69) is 10.0 Å². The van der Waals surface area contributed by atoms with Gasteiger partial charge in [-0.25, -0.2) is 8.42 Å². The normalized spacial score (nSPS) is 12.6. The van der Waals surface area contributed by atoms with Crippen LogP contribution in [0.15, 0.2) is 12.1 Å². The van der Waals surface area contributed by atoms with Crippen molar-refractivity contribution < 1.29 is 17.9 Å². The van der Waals surface area contributed by atoms with Crippen LogP contribution >= 0.6 is 11.6 Å². The maximum atomic E-state index is 12.6. The number of halogens is 1. The second-order valence-electron chi connectivity index (χ2n) is 7.75. The van der Waals surface area contributed by atoms with Crippen LogP contribution in [0.5, 0.6) is 5.75 Å². The summed E-state index contributed by atoms with van der Waals surface area (Å²) in [4.78, 5) is 11.7. The van der Waals surface area contributed by atoms with Gasteiger partial charge in [-0.05, 0) is 43.9 Å². The van der Waals surface area contributed by atoms with Crippen molar-refractivity contribution in [2.75, 3.05) is 23.0 Å². The molecule has 0 aliphatic carbocycles. The summed E-state index contributed by atoms with van der Waals surface area (Å²) in [7, 11) is -2.25. The molecule has 8 heteroatoms. The topological polar surface area (TPSA) is 84.5 Å². The van der Waals surface area contributed by atoms with Gasteiger partial charge in [-0.1, -0.05) is 20.8 Å². The molecule has 142 valence electrons. The summed E-state index contributed by atoms with van der Waals surface area (Å²) in [5.41, 5.74) is 1.21. The Morgan fingerprint density at radius 2 is 1.64 bits per heavy atom. The molecule has 1 aromatic carbocycles. The first-order valence-corrected chi connectivity index (χ1v) is 9.85. The lowest BCUT2D eigenvalue weighted by Gasteiger charge is -2.26. The quantitative estimate of drug-likeness (QED) is 0.750. The van der Waals surface area contributed by atoms with E-state index < -0.39 is 20.7 Å². The maximum Gasteiger partial charge on any atom is 0.239 e. The molecule has 0 saturated heterocycles. The number of hydrogen-bond acceptors (Lipinski definition) is 4. The lowest BCUT2D eigenvalue weighted by Crippen LogP contribution is -2.34. The Hall–Kier alpha value is -1.47. The Bertz CT molecular complexity index is 747. The summed E-state index contributed by atoms with van der Waals surface area (Å²) in [6, 6.07) is 3.48. The Morgan fingerprint density at radius 3 is 2.04 bits per heavy atom. The predicted octanol–water partition coefficient (Wildman–Crippen LogP) is 3.71. The largest absolute Gasteiger partial charge is 0.492 e. The zero-order chi connectivity index (χ0) is 19.6. The molecule has 1 rings (SSSR count). The summed E-state index contributed by atoms with van der Waals surface area (Å²) in [5, 5.41) is 2.66. The molecule has 0 aliphatic rings. The van der Waals surface area contributed by atoms with Crippen LogP contribution in [0.1, 0.15) is 47.1 Å². The molecule has 0 spiro atoms. The number of benzene rings is 1. The average molecular weight is 391 g/mol. The van der Waals surface area contributed by atoms with Crippen LogP contribution in [0, 0.1) is 0 Å². The first-order valence-electron chi connectivity index (χ1n) is 7.83. The summed E-state index contributed by atoms with van der Waals surface area (Å²) in [5.74, 6) is -0.388. The SMILES string of the molecule is COc1c(NC(=O)CCl)cc(C(C)(C)C)cc1NS(=O)(=O)C(C)(C)C. The molecule has 0 radical (unpaired) electrons. The standard InChI is InChI=1S/C17H27ClN2O4S/c1-16(2,3)11-8-12(19-14(21)10-18)15(24-7)13(9-11)20-25(22,23)17(4,5)6/h8-9,20H,10H2,1-7H3,(H,19,21). The van der Waals surface area contributed by atoms with Gasteiger partial charge in [0.05, 0.1) is 23.2 Å². The molecule has 0 bridgehead atoms. The number of anilines is 2. The van der Waals surface area contributed by atoms with Crippen LogP contribution in [0.4, 0.5) is 11.4 Å². The van der Waals surface area contributed by atoms with E-state index in [-0.39, 0.29) is 22.7 Å². The van der Waals surface area contributed by atoms with E-state index in [1.54, 1.807) is 32.9 Å². The minimum Gasteiger partial charge on any atom is -0.492 e. The summed E-state index contributed by atoms with van der Waals surface area (Å²) in [6.07, 6.45) is 0. The highest BCUT2D eigenvalue weighted by Crippen LogP contribution is 2.39. The number of ether oxygens (including phenoxy) is 1. The number of rotatable bonds is 5. The van der Waals surface area contributed by atoms with Gasteiger partial charge in [0.15, 0.2) is 5.75 Å². The highest BCUT2D eigenvalue weighted by Gasteiger charge is 2.31. The van der Waals surface area contributed by atoms with Crippen molar-refractivity contribution in [1.82, 2.24) is 0 Å². The van der Waals surface area contributed by atoms with Crippen LogP contribution in [-0.2, 0) is 20.2 Å². The molecule has 6 nitrogen and oxygen atoms in total. The van der Waals surface area contributed by atoms with Gasteiger partial charge in [0.2, 0.25) is 15.9 Å². The molecule has 0 fully saturated rings. The summed E-state index contributed by atoms with van der Waals surface area (Å²) < 4.78 is 32.1. The van der Waals surface area contributed by atoms with E-state index >= 15 is 0 Å². The van der Waals surface area contributed by atoms with Gasteiger partial charge in [0, 0.05) is 0 Å². The van der Waals surface area contributed by atoms with Gasteiger partial charge in [-0.3, -0.25) is 9.52 Å². The van der Waals surface area contributed by atoms with Crippen LogP contribution in [0.25, 0.3) is 0 Å². The van der Waals surface area contributed by atoms with Gasteiger partial charge in [-0.2, -0.15) is 0 Å². The number of amides is 1. The monoisotopic (exact) mass is 390 g/mol. The van der Waals surface area contributed by atoms with Crippen molar-refractivity contribution in [2.24, 2.45) is 0 Å². The van der Waals surface area contributed by atoms with Crippen LogP contribution in [0.2, 0.25) is 0 Å². The maximum absolute atomic E-state index is 12.6. The summed E-state index contributed by atoms with van der Waals surface area (Å²) >= 11 is 5.57. The molecular weight excluding hydrogens is 364 g/mol. The zero-order valence-electron chi connectivity index (χ0n) is 15.8. The van der Waals surface area contributed by atoms with Gasteiger partial charge in [0.25, 0.3) is 0 Å². The molecule has 0 unspecified atom stereocenters. The van der Waals surface area contributed by atoms with Crippen molar-refractivity contribution in [1.29, 1.82) is 0 Å². The molecule has 0 saturated carbocycles. The molecule has 0 heterocycles. The Labute approximate surface area is 155 Å². The number of carbonyl (C=O) groups is 1. The molecule has 0 aromatic heterocycles. The van der Waals surface area contributed by atoms with Crippen LogP contribution in [0.3, 0.4) is 0 Å². The van der Waals surface area contributed by atoms with Crippen molar-refractivity contribution in [2.45, 2.75) is 51.7 Å². The number of carbonyl (C=O) groups excluding carboxylic acids is 1. The van der Waals surface area contributed by atoms with Crippen molar-refractivity contribution in [3.8, 4) is 5.75 Å². The van der Waals surface area contributed by atoms with Gasteiger partial charge < -0.3 is 10.1 Å². The van der Waals surface area contributed by atoms with Gasteiger partial charge >= 0.3 is 0 Å². The number of nitrogens with one attached hydrogen (secondary N) is 2. The first-order chi connectivity index (χ1) is 11.2. The number of hydrogen-bond donors (Lipinski definition) is 2. The lowest BCUT2D eigenvalue weighted by atomic mass is 9.86. The number of alkyl halides is 1. The Kier molecular flexibility index (Phi) is 6.40. The predicted molar refractivity (Wildman–Crippen MR) is 103 cm³/mol. The van der Waals surface area contributed by atoms with Gasteiger partial charge in [-0.15, -0.1) is 11.6 Å². The third-order valence-electron chi connectivity index (χ3n) is 3.61. The van der Waals surface area contributed by atoms with Gasteiger partial charge in [0.1, 0.15) is 5.88 Å². The second-order valence-corrected chi connectivity index (χ2v) is 10.5. The Morgan fingerprint density at radius 1 is 1.12 bits per heavy atom. The van der Waals surface area contributed by atoms with E-state index in [0.29, 0.717) is 5.69 Å². The van der Waals surface area contributed by atoms with Crippen molar-refractivity contribution in [3.05, 3.63) is 17.7 Å². The van der Waals surface area contributed by atoms with Crippen LogP contribution in [-0.4, -0.2) is 32.1 Å². The van der Waals surface area contributed by atoms with Crippen molar-refractivity contribution in [3.63, 3.8) is 0 Å². The fourth-order valence-corrected chi connectivity index (χ4v) is 2.75. The fourth-order valence-electron chi connectivity index (χ4n) is 1.93. The molecule has 25 heavy (non-hydrogen) atoms. The van der Waals surface area contributed by atoms with E-state index in [1.165, 1.54) is 7.11 Å². The minimum atomic E-state index is -3.67. The molecule has 0 atom stereocenters. The minimum absolute atomic E-state index is 0.216. The van der Waals surface area contributed by atoms with Crippen LogP contribution < -0.4 is 14.8 Å². The average Bonchev–Trinajstić information content (AvgIpc) is 2.44. The fraction of sp³-hybridized carbons (Fsp3) is 0.588. The molecule has 0 aliphatic heterocycles. The zero-order valence-corrected chi connectivity index (χ0v) is 17.4. The molecule has 2 N–H and O–H groups in total. The second kappa shape index (κ2) is 7.41. The third kappa shape index (κ3) is 5.25. The van der Waals surface area contributed by atoms with E-state index in [9.17, 15) is 13.2 Å². The summed E-state index contributed by atoms with van der Waals surface area (Å²) in [6.45, 7) is 10.8. The lowest BCUT2D eigenvalue weighted by molar-refractivity contribution is -0.113. The molecule has 1 amide bonds. The third-order valence-corrected chi connectivity index (χ3v) is 5.95. The Balaban J connectivity index is 3.59. The molecule has 1 aromatic rings. The van der Waals surface area contributed by atoms with E-state index in [0.717, 1.165) is 5.56 Å². The molecular formula is C17H27ClN2O4S. The van der Waals surface area contributed by atoms with E-state index in [4.69, 9.17) is 16.3 Å².